The number of rotatable bonds is 6. The summed E-state index contributed by atoms with van der Waals surface area (Å²) in [6.07, 6.45) is 9.42. The molecule has 2 rings (SSSR count). The third kappa shape index (κ3) is 4.34. The minimum Gasteiger partial charge on any atom is -0.316 e. The lowest BCUT2D eigenvalue weighted by Crippen LogP contribution is -2.27. The molecule has 1 heteroatoms. The molecule has 1 nitrogen and oxygen atoms in total. The van der Waals surface area contributed by atoms with Crippen molar-refractivity contribution in [3.05, 3.63) is 35.4 Å². The van der Waals surface area contributed by atoms with Crippen LogP contribution in [0.3, 0.4) is 0 Å². The van der Waals surface area contributed by atoms with Crippen molar-refractivity contribution in [2.24, 2.45) is 5.92 Å². The normalized spacial score (nSPS) is 23.5. The van der Waals surface area contributed by atoms with Gasteiger partial charge in [0.25, 0.3) is 0 Å². The van der Waals surface area contributed by atoms with Gasteiger partial charge in [-0.3, -0.25) is 0 Å². The van der Waals surface area contributed by atoms with E-state index in [4.69, 9.17) is 0 Å². The van der Waals surface area contributed by atoms with Gasteiger partial charge in [0.15, 0.2) is 0 Å². The molecule has 0 bridgehead atoms. The minimum absolute atomic E-state index is 0.772. The van der Waals surface area contributed by atoms with E-state index in [1.54, 1.807) is 5.56 Å². The maximum absolute atomic E-state index is 3.66. The number of hydrogen-bond acceptors (Lipinski definition) is 1. The summed E-state index contributed by atoms with van der Waals surface area (Å²) in [5.74, 6) is 1.60. The SMILES string of the molecule is CCCNCC1CCCCCC1c1cccc(CC)c1. The molecule has 112 valence electrons. The van der Waals surface area contributed by atoms with Gasteiger partial charge >= 0.3 is 0 Å². The summed E-state index contributed by atoms with van der Waals surface area (Å²) in [6.45, 7) is 6.88. The molecule has 0 saturated heterocycles. The summed E-state index contributed by atoms with van der Waals surface area (Å²) in [6, 6.07) is 9.35. The van der Waals surface area contributed by atoms with Crippen molar-refractivity contribution in [1.82, 2.24) is 5.32 Å². The van der Waals surface area contributed by atoms with Gasteiger partial charge in [0.1, 0.15) is 0 Å². The van der Waals surface area contributed by atoms with E-state index in [2.05, 4.69) is 43.4 Å². The Bertz CT molecular complexity index is 385. The number of benzene rings is 1. The predicted octanol–water partition coefficient (Wildman–Crippen LogP) is 4.91. The third-order valence-electron chi connectivity index (χ3n) is 4.78. The zero-order chi connectivity index (χ0) is 14.2. The molecule has 2 atom stereocenters. The Hall–Kier alpha value is -0.820. The fraction of sp³-hybridized carbons (Fsp3) is 0.684. The Balaban J connectivity index is 2.09. The van der Waals surface area contributed by atoms with Gasteiger partial charge in [-0.05, 0) is 61.7 Å². The lowest BCUT2D eigenvalue weighted by Gasteiger charge is -2.26. The summed E-state index contributed by atoms with van der Waals surface area (Å²) >= 11 is 0. The van der Waals surface area contributed by atoms with E-state index in [0.717, 1.165) is 24.8 Å². The van der Waals surface area contributed by atoms with Crippen molar-refractivity contribution in [2.75, 3.05) is 13.1 Å². The number of nitrogens with one attached hydrogen (secondary N) is 1. The van der Waals surface area contributed by atoms with E-state index < -0.39 is 0 Å². The van der Waals surface area contributed by atoms with Crippen molar-refractivity contribution in [3.8, 4) is 0 Å². The lowest BCUT2D eigenvalue weighted by atomic mass is 9.81. The molecule has 0 aromatic heterocycles. The van der Waals surface area contributed by atoms with Gasteiger partial charge in [0.05, 0.1) is 0 Å². The quantitative estimate of drug-likeness (QED) is 0.573. The maximum atomic E-state index is 3.66. The molecule has 1 N–H and O–H groups in total. The average molecular weight is 273 g/mol. The second-order valence-electron chi connectivity index (χ2n) is 6.31. The van der Waals surface area contributed by atoms with E-state index >= 15 is 0 Å². The van der Waals surface area contributed by atoms with Crippen molar-refractivity contribution >= 4 is 0 Å². The molecule has 20 heavy (non-hydrogen) atoms. The molecule has 0 heterocycles. The van der Waals surface area contributed by atoms with Gasteiger partial charge in [-0.15, -0.1) is 0 Å². The maximum Gasteiger partial charge on any atom is -0.00147 e. The second-order valence-corrected chi connectivity index (χ2v) is 6.31. The zero-order valence-electron chi connectivity index (χ0n) is 13.3. The Morgan fingerprint density at radius 3 is 2.75 bits per heavy atom. The van der Waals surface area contributed by atoms with Crippen LogP contribution in [-0.2, 0) is 6.42 Å². The molecule has 1 aliphatic carbocycles. The van der Waals surface area contributed by atoms with Gasteiger partial charge in [0, 0.05) is 0 Å². The predicted molar refractivity (Wildman–Crippen MR) is 88.3 cm³/mol. The van der Waals surface area contributed by atoms with Crippen LogP contribution in [0, 0.1) is 5.92 Å². The van der Waals surface area contributed by atoms with Gasteiger partial charge in [-0.1, -0.05) is 57.4 Å². The van der Waals surface area contributed by atoms with Crippen LogP contribution in [0.1, 0.15) is 69.4 Å². The van der Waals surface area contributed by atoms with Crippen LogP contribution in [0.4, 0.5) is 0 Å². The van der Waals surface area contributed by atoms with Crippen molar-refractivity contribution in [3.63, 3.8) is 0 Å². The van der Waals surface area contributed by atoms with Crippen LogP contribution in [0.5, 0.6) is 0 Å². The van der Waals surface area contributed by atoms with Crippen LogP contribution < -0.4 is 5.32 Å². The molecule has 0 amide bonds. The zero-order valence-corrected chi connectivity index (χ0v) is 13.3. The first kappa shape index (κ1) is 15.6. The number of aryl methyl sites for hydroxylation is 1. The highest BCUT2D eigenvalue weighted by molar-refractivity contribution is 5.27. The van der Waals surface area contributed by atoms with E-state index in [9.17, 15) is 0 Å². The summed E-state index contributed by atoms with van der Waals surface area (Å²) in [4.78, 5) is 0. The first-order chi connectivity index (χ1) is 9.85. The molecule has 0 radical (unpaired) electrons. The first-order valence-electron chi connectivity index (χ1n) is 8.64. The van der Waals surface area contributed by atoms with Crippen LogP contribution >= 0.6 is 0 Å². The fourth-order valence-electron chi connectivity index (χ4n) is 3.58. The average Bonchev–Trinajstić information content (AvgIpc) is 2.73. The Kier molecular flexibility index (Phi) is 6.59. The van der Waals surface area contributed by atoms with Gasteiger partial charge in [-0.2, -0.15) is 0 Å². The number of hydrogen-bond donors (Lipinski definition) is 1. The van der Waals surface area contributed by atoms with Crippen molar-refractivity contribution in [2.45, 2.75) is 64.7 Å². The summed E-state index contributed by atoms with van der Waals surface area (Å²) in [5, 5.41) is 3.66. The minimum atomic E-state index is 0.772. The molecule has 0 spiro atoms. The molecule has 1 aromatic rings. The third-order valence-corrected chi connectivity index (χ3v) is 4.78. The van der Waals surface area contributed by atoms with E-state index in [1.165, 1.54) is 50.6 Å². The highest BCUT2D eigenvalue weighted by Crippen LogP contribution is 2.36. The topological polar surface area (TPSA) is 12.0 Å². The van der Waals surface area contributed by atoms with E-state index in [0.29, 0.717) is 0 Å². The molecule has 1 saturated carbocycles. The van der Waals surface area contributed by atoms with Crippen LogP contribution in [0.25, 0.3) is 0 Å². The van der Waals surface area contributed by atoms with Crippen LogP contribution in [-0.4, -0.2) is 13.1 Å². The van der Waals surface area contributed by atoms with E-state index in [-0.39, 0.29) is 0 Å². The van der Waals surface area contributed by atoms with Crippen molar-refractivity contribution in [1.29, 1.82) is 0 Å². The smallest absolute Gasteiger partial charge is 0.00147 e. The Morgan fingerprint density at radius 2 is 1.95 bits per heavy atom. The molecule has 0 aliphatic heterocycles. The monoisotopic (exact) mass is 273 g/mol. The van der Waals surface area contributed by atoms with Crippen LogP contribution in [0.15, 0.2) is 24.3 Å². The Morgan fingerprint density at radius 1 is 1.10 bits per heavy atom. The summed E-state index contributed by atoms with van der Waals surface area (Å²) in [7, 11) is 0. The molecular weight excluding hydrogens is 242 g/mol. The Labute approximate surface area is 125 Å². The van der Waals surface area contributed by atoms with Crippen molar-refractivity contribution < 1.29 is 0 Å². The van der Waals surface area contributed by atoms with Crippen LogP contribution in [0.2, 0.25) is 0 Å². The highest BCUT2D eigenvalue weighted by Gasteiger charge is 2.24. The largest absolute Gasteiger partial charge is 0.316 e. The van der Waals surface area contributed by atoms with E-state index in [1.807, 2.05) is 0 Å². The molecule has 1 aliphatic rings. The molecular formula is C19H31N. The molecule has 2 unspecified atom stereocenters. The van der Waals surface area contributed by atoms with Gasteiger partial charge in [0.2, 0.25) is 0 Å². The standard InChI is InChI=1S/C19H31N/c1-3-13-20-15-18-10-6-5-7-12-19(18)17-11-8-9-16(4-2)14-17/h8-9,11,14,18-20H,3-7,10,12-13,15H2,1-2H3. The fourth-order valence-corrected chi connectivity index (χ4v) is 3.58. The lowest BCUT2D eigenvalue weighted by molar-refractivity contribution is 0.375. The highest BCUT2D eigenvalue weighted by atomic mass is 14.9. The van der Waals surface area contributed by atoms with Gasteiger partial charge in [-0.25, -0.2) is 0 Å². The second kappa shape index (κ2) is 8.46. The summed E-state index contributed by atoms with van der Waals surface area (Å²) < 4.78 is 0. The van der Waals surface area contributed by atoms with Gasteiger partial charge < -0.3 is 5.32 Å². The first-order valence-corrected chi connectivity index (χ1v) is 8.64. The summed E-state index contributed by atoms with van der Waals surface area (Å²) in [5.41, 5.74) is 3.08. The molecule has 1 aromatic carbocycles. The molecule has 1 fully saturated rings.